The predicted octanol–water partition coefficient (Wildman–Crippen LogP) is 13.5. The van der Waals surface area contributed by atoms with E-state index in [2.05, 4.69) is 158 Å². The van der Waals surface area contributed by atoms with Gasteiger partial charge in [-0.1, -0.05) is 164 Å². The second kappa shape index (κ2) is 12.9. The molecule has 0 unspecified atom stereocenters. The molecule has 53 heavy (non-hydrogen) atoms. The molecule has 2 aromatic heterocycles. The van der Waals surface area contributed by atoms with Crippen LogP contribution in [0, 0.1) is 0 Å². The van der Waals surface area contributed by atoms with Gasteiger partial charge < -0.3 is 4.42 Å². The van der Waals surface area contributed by atoms with Crippen LogP contribution in [0.25, 0.3) is 100.0 Å². The Morgan fingerprint density at radius 3 is 1.57 bits per heavy atom. The Morgan fingerprint density at radius 2 is 0.849 bits per heavy atom. The number of hydrogen-bond acceptors (Lipinski definition) is 3. The largest absolute Gasteiger partial charge is 0.455 e. The van der Waals surface area contributed by atoms with Gasteiger partial charge in [0.15, 0.2) is 5.82 Å². The monoisotopic (exact) mass is 676 g/mol. The Balaban J connectivity index is 1.11. The molecule has 248 valence electrons. The average molecular weight is 677 g/mol. The number of benzene rings is 8. The summed E-state index contributed by atoms with van der Waals surface area (Å²) in [5.41, 5.74) is 13.6. The highest BCUT2D eigenvalue weighted by Gasteiger charge is 2.18. The number of nitrogens with zero attached hydrogens (tertiary/aromatic N) is 2. The van der Waals surface area contributed by atoms with E-state index in [4.69, 9.17) is 14.4 Å². The number of hydrogen-bond donors (Lipinski definition) is 0. The molecule has 0 atom stereocenters. The molecule has 10 rings (SSSR count). The highest BCUT2D eigenvalue weighted by molar-refractivity contribution is 6.22. The molecule has 0 radical (unpaired) electrons. The van der Waals surface area contributed by atoms with E-state index in [-0.39, 0.29) is 0 Å². The molecule has 0 spiro atoms. The molecule has 10 aromatic rings. The summed E-state index contributed by atoms with van der Waals surface area (Å²) in [6, 6.07) is 68.0. The summed E-state index contributed by atoms with van der Waals surface area (Å²) in [7, 11) is 0. The number of furan rings is 1. The van der Waals surface area contributed by atoms with Crippen molar-refractivity contribution in [2.75, 3.05) is 0 Å². The second-order valence-corrected chi connectivity index (χ2v) is 13.3. The lowest BCUT2D eigenvalue weighted by Crippen LogP contribution is -1.96. The van der Waals surface area contributed by atoms with E-state index >= 15 is 0 Å². The standard InChI is InChI=1S/C50H32N2O/c1-4-15-33(16-5-1)40-27-14-28-47-48(40)44-31-43(41-25-10-11-26-42(41)49(44)53-47)38-23-12-21-36(29-38)37-22-13-24-39(30-37)46-32-45(34-17-6-2-7-18-34)51-50(52-46)35-19-8-3-9-20-35/h1-32H. The lowest BCUT2D eigenvalue weighted by molar-refractivity contribution is 0.673. The molecule has 0 amide bonds. The third-order valence-corrected chi connectivity index (χ3v) is 10.1. The van der Waals surface area contributed by atoms with Crippen LogP contribution in [0.4, 0.5) is 0 Å². The van der Waals surface area contributed by atoms with Crippen molar-refractivity contribution in [3.8, 4) is 67.3 Å². The first-order valence-corrected chi connectivity index (χ1v) is 17.9. The quantitative estimate of drug-likeness (QED) is 0.176. The molecule has 8 aromatic carbocycles. The van der Waals surface area contributed by atoms with Crippen molar-refractivity contribution in [2.45, 2.75) is 0 Å². The van der Waals surface area contributed by atoms with Crippen LogP contribution in [0.1, 0.15) is 0 Å². The van der Waals surface area contributed by atoms with Crippen molar-refractivity contribution in [3.63, 3.8) is 0 Å². The van der Waals surface area contributed by atoms with Gasteiger partial charge in [-0.05, 0) is 69.1 Å². The fourth-order valence-corrected chi connectivity index (χ4v) is 7.54. The molecule has 0 saturated carbocycles. The van der Waals surface area contributed by atoms with Crippen LogP contribution in [0.3, 0.4) is 0 Å². The van der Waals surface area contributed by atoms with E-state index < -0.39 is 0 Å². The molecule has 3 nitrogen and oxygen atoms in total. The molecular formula is C50H32N2O. The Hall–Kier alpha value is -7.10. The molecule has 0 aliphatic carbocycles. The SMILES string of the molecule is c1ccc(-c2cc(-c3cccc(-c4cccc(-c5cc6c(oc7cccc(-c8ccccc8)c76)c6ccccc56)c4)c3)nc(-c3ccccc3)n2)cc1. The van der Waals surface area contributed by atoms with Crippen molar-refractivity contribution < 1.29 is 4.42 Å². The third kappa shape index (κ3) is 5.56. The Labute approximate surface area is 307 Å². The maximum Gasteiger partial charge on any atom is 0.160 e. The van der Waals surface area contributed by atoms with E-state index in [0.717, 1.165) is 77.5 Å². The lowest BCUT2D eigenvalue weighted by atomic mass is 9.92. The summed E-state index contributed by atoms with van der Waals surface area (Å²) in [4.78, 5) is 10.1. The smallest absolute Gasteiger partial charge is 0.160 e. The first-order valence-electron chi connectivity index (χ1n) is 17.9. The average Bonchev–Trinajstić information content (AvgIpc) is 3.63. The van der Waals surface area contributed by atoms with E-state index in [1.165, 1.54) is 16.7 Å². The van der Waals surface area contributed by atoms with Crippen LogP contribution in [0.5, 0.6) is 0 Å². The summed E-state index contributed by atoms with van der Waals surface area (Å²) in [5.74, 6) is 0.707. The molecule has 0 saturated heterocycles. The summed E-state index contributed by atoms with van der Waals surface area (Å²) in [6.45, 7) is 0. The van der Waals surface area contributed by atoms with Crippen LogP contribution in [0.2, 0.25) is 0 Å². The summed E-state index contributed by atoms with van der Waals surface area (Å²) >= 11 is 0. The molecule has 0 fully saturated rings. The van der Waals surface area contributed by atoms with E-state index in [9.17, 15) is 0 Å². The number of rotatable bonds is 6. The van der Waals surface area contributed by atoms with Crippen LogP contribution in [0.15, 0.2) is 199 Å². The molecule has 3 heteroatoms. The normalized spacial score (nSPS) is 11.4. The maximum absolute atomic E-state index is 6.63. The fraction of sp³-hybridized carbons (Fsp3) is 0. The zero-order valence-electron chi connectivity index (χ0n) is 28.8. The Bertz CT molecular complexity index is 2870. The summed E-state index contributed by atoms with van der Waals surface area (Å²) < 4.78 is 6.63. The van der Waals surface area contributed by atoms with Gasteiger partial charge in [0.05, 0.1) is 11.4 Å². The van der Waals surface area contributed by atoms with Gasteiger partial charge in [-0.3, -0.25) is 0 Å². The van der Waals surface area contributed by atoms with Crippen molar-refractivity contribution in [2.24, 2.45) is 0 Å². The van der Waals surface area contributed by atoms with E-state index in [0.29, 0.717) is 5.82 Å². The first kappa shape index (κ1) is 30.7. The van der Waals surface area contributed by atoms with Crippen molar-refractivity contribution >= 4 is 32.7 Å². The van der Waals surface area contributed by atoms with Crippen LogP contribution in [-0.4, -0.2) is 9.97 Å². The lowest BCUT2D eigenvalue weighted by Gasteiger charge is -2.12. The zero-order chi connectivity index (χ0) is 35.1. The van der Waals surface area contributed by atoms with Gasteiger partial charge in [-0.25, -0.2) is 9.97 Å². The van der Waals surface area contributed by atoms with Crippen LogP contribution >= 0.6 is 0 Å². The highest BCUT2D eigenvalue weighted by Crippen LogP contribution is 2.43. The first-order chi connectivity index (χ1) is 26.3. The predicted molar refractivity (Wildman–Crippen MR) is 219 cm³/mol. The van der Waals surface area contributed by atoms with Gasteiger partial charge in [0.1, 0.15) is 11.2 Å². The Kier molecular flexibility index (Phi) is 7.47. The van der Waals surface area contributed by atoms with Gasteiger partial charge in [0.2, 0.25) is 0 Å². The Morgan fingerprint density at radius 1 is 0.321 bits per heavy atom. The van der Waals surface area contributed by atoms with Crippen LogP contribution in [-0.2, 0) is 0 Å². The van der Waals surface area contributed by atoms with Gasteiger partial charge >= 0.3 is 0 Å². The topological polar surface area (TPSA) is 38.9 Å². The minimum absolute atomic E-state index is 0.707. The molecule has 0 N–H and O–H groups in total. The van der Waals surface area contributed by atoms with Gasteiger partial charge in [0.25, 0.3) is 0 Å². The highest BCUT2D eigenvalue weighted by atomic mass is 16.3. The van der Waals surface area contributed by atoms with Crippen molar-refractivity contribution in [1.82, 2.24) is 9.97 Å². The van der Waals surface area contributed by atoms with Crippen molar-refractivity contribution in [1.29, 1.82) is 0 Å². The van der Waals surface area contributed by atoms with Crippen LogP contribution < -0.4 is 0 Å². The minimum atomic E-state index is 0.707. The van der Waals surface area contributed by atoms with Gasteiger partial charge in [-0.2, -0.15) is 0 Å². The minimum Gasteiger partial charge on any atom is -0.455 e. The zero-order valence-corrected chi connectivity index (χ0v) is 28.8. The van der Waals surface area contributed by atoms with Gasteiger partial charge in [-0.15, -0.1) is 0 Å². The molecule has 0 bridgehead atoms. The molecule has 2 heterocycles. The summed E-state index contributed by atoms with van der Waals surface area (Å²) in [5, 5.41) is 4.52. The van der Waals surface area contributed by atoms with E-state index in [1.807, 2.05) is 36.4 Å². The molecular weight excluding hydrogens is 645 g/mol. The fourth-order valence-electron chi connectivity index (χ4n) is 7.54. The third-order valence-electron chi connectivity index (χ3n) is 10.1. The summed E-state index contributed by atoms with van der Waals surface area (Å²) in [6.07, 6.45) is 0. The second-order valence-electron chi connectivity index (χ2n) is 13.3. The van der Waals surface area contributed by atoms with E-state index in [1.54, 1.807) is 0 Å². The van der Waals surface area contributed by atoms with Gasteiger partial charge in [0, 0.05) is 32.8 Å². The number of fused-ring (bicyclic) bond motifs is 5. The molecule has 0 aliphatic heterocycles. The maximum atomic E-state index is 6.63. The van der Waals surface area contributed by atoms with Crippen molar-refractivity contribution in [3.05, 3.63) is 194 Å². The molecule has 0 aliphatic rings. The number of aromatic nitrogens is 2.